The van der Waals surface area contributed by atoms with Gasteiger partial charge in [0.05, 0.1) is 15.8 Å². The van der Waals surface area contributed by atoms with Crippen LogP contribution in [0.15, 0.2) is 40.3 Å². The number of hydrogen-bond acceptors (Lipinski definition) is 4. The van der Waals surface area contributed by atoms with Gasteiger partial charge < -0.3 is 0 Å². The highest BCUT2D eigenvalue weighted by Gasteiger charge is 2.39. The SMILES string of the molecule is N#CC1=C(N)[N+](=O)C2CCC/C(=C\c3ccc(Cl)c(Cl)c3)C2=N1. The second-order valence-corrected chi connectivity index (χ2v) is 6.23. The number of hydrogen-bond donors (Lipinski definition) is 1. The summed E-state index contributed by atoms with van der Waals surface area (Å²) in [7, 11) is 0. The zero-order chi connectivity index (χ0) is 16.6. The highest BCUT2D eigenvalue weighted by molar-refractivity contribution is 6.42. The Balaban J connectivity index is 2.06. The zero-order valence-corrected chi connectivity index (χ0v) is 13.6. The lowest BCUT2D eigenvalue weighted by Crippen LogP contribution is -2.41. The molecule has 1 aliphatic heterocycles. The minimum absolute atomic E-state index is 0.0341. The average molecular weight is 348 g/mol. The van der Waals surface area contributed by atoms with Gasteiger partial charge >= 0.3 is 5.82 Å². The van der Waals surface area contributed by atoms with E-state index >= 15 is 0 Å². The Bertz CT molecular complexity index is 833. The Labute approximate surface area is 143 Å². The summed E-state index contributed by atoms with van der Waals surface area (Å²) in [6.07, 6.45) is 4.23. The monoisotopic (exact) mass is 347 g/mol. The molecule has 116 valence electrons. The molecule has 3 rings (SSSR count). The van der Waals surface area contributed by atoms with Crippen molar-refractivity contribution in [1.82, 2.24) is 0 Å². The quantitative estimate of drug-likeness (QED) is 0.784. The van der Waals surface area contributed by atoms with Gasteiger partial charge in [0.1, 0.15) is 6.07 Å². The molecule has 0 bridgehead atoms. The van der Waals surface area contributed by atoms with Crippen LogP contribution in [0.5, 0.6) is 0 Å². The molecule has 2 aliphatic rings. The summed E-state index contributed by atoms with van der Waals surface area (Å²) in [6, 6.07) is 6.77. The lowest BCUT2D eigenvalue weighted by molar-refractivity contribution is -0.526. The van der Waals surface area contributed by atoms with Gasteiger partial charge in [0.15, 0.2) is 6.04 Å². The highest BCUT2D eigenvalue weighted by atomic mass is 35.5. The van der Waals surface area contributed by atoms with Gasteiger partial charge in [0.2, 0.25) is 5.70 Å². The van der Waals surface area contributed by atoms with E-state index in [0.29, 0.717) is 26.9 Å². The Hall–Kier alpha value is -2.16. The highest BCUT2D eigenvalue weighted by Crippen LogP contribution is 2.31. The molecular weight excluding hydrogens is 335 g/mol. The molecule has 0 saturated heterocycles. The zero-order valence-electron chi connectivity index (χ0n) is 12.1. The Kier molecular flexibility index (Phi) is 4.20. The first-order chi connectivity index (χ1) is 11.0. The number of benzene rings is 1. The van der Waals surface area contributed by atoms with Crippen LogP contribution in [0.25, 0.3) is 6.08 Å². The maximum atomic E-state index is 12.3. The normalized spacial score (nSPS) is 22.7. The van der Waals surface area contributed by atoms with Gasteiger partial charge in [0, 0.05) is 0 Å². The molecule has 0 aromatic heterocycles. The number of aliphatic imine (C=N–C) groups is 1. The molecule has 1 fully saturated rings. The number of nitriles is 1. The molecule has 7 heteroatoms. The maximum Gasteiger partial charge on any atom is 0.349 e. The van der Waals surface area contributed by atoms with E-state index < -0.39 is 6.04 Å². The number of nitrogens with zero attached hydrogens (tertiary/aromatic N) is 3. The summed E-state index contributed by atoms with van der Waals surface area (Å²) in [5.41, 5.74) is 8.06. The Morgan fingerprint density at radius 2 is 2.17 bits per heavy atom. The van der Waals surface area contributed by atoms with E-state index in [9.17, 15) is 4.91 Å². The van der Waals surface area contributed by atoms with Gasteiger partial charge in [-0.2, -0.15) is 5.26 Å². The van der Waals surface area contributed by atoms with Gasteiger partial charge in [-0.05, 0) is 53.4 Å². The van der Waals surface area contributed by atoms with E-state index in [-0.39, 0.29) is 11.5 Å². The molecule has 2 N–H and O–H groups in total. The molecule has 5 nitrogen and oxygen atoms in total. The van der Waals surface area contributed by atoms with Crippen molar-refractivity contribution in [3.8, 4) is 6.07 Å². The molecule has 1 aromatic carbocycles. The molecule has 0 radical (unpaired) electrons. The largest absolute Gasteiger partial charge is 0.349 e. The summed E-state index contributed by atoms with van der Waals surface area (Å²) in [4.78, 5) is 16.6. The molecule has 23 heavy (non-hydrogen) atoms. The van der Waals surface area contributed by atoms with Crippen LogP contribution in [0.1, 0.15) is 24.8 Å². The molecule has 0 spiro atoms. The first-order valence-electron chi connectivity index (χ1n) is 7.12. The van der Waals surface area contributed by atoms with Crippen LogP contribution in [0, 0.1) is 16.2 Å². The minimum atomic E-state index is -0.435. The molecule has 1 heterocycles. The minimum Gasteiger partial charge on any atom is -0.282 e. The van der Waals surface area contributed by atoms with E-state index in [1.807, 2.05) is 18.2 Å². The van der Waals surface area contributed by atoms with Crippen molar-refractivity contribution in [2.45, 2.75) is 25.3 Å². The van der Waals surface area contributed by atoms with Crippen molar-refractivity contribution in [3.05, 3.63) is 55.8 Å². The van der Waals surface area contributed by atoms with Crippen molar-refractivity contribution in [3.63, 3.8) is 0 Å². The van der Waals surface area contributed by atoms with Crippen LogP contribution in [-0.2, 0) is 0 Å². The van der Waals surface area contributed by atoms with Crippen LogP contribution in [0.4, 0.5) is 0 Å². The summed E-state index contributed by atoms with van der Waals surface area (Å²) >= 11 is 12.0. The van der Waals surface area contributed by atoms with Crippen molar-refractivity contribution in [1.29, 1.82) is 5.26 Å². The number of fused-ring (bicyclic) bond motifs is 1. The van der Waals surface area contributed by atoms with Crippen molar-refractivity contribution in [2.24, 2.45) is 10.7 Å². The smallest absolute Gasteiger partial charge is 0.282 e. The first-order valence-corrected chi connectivity index (χ1v) is 7.87. The molecule has 0 amide bonds. The Morgan fingerprint density at radius 1 is 1.39 bits per heavy atom. The molecule has 1 saturated carbocycles. The maximum absolute atomic E-state index is 12.3. The number of nitrogens with two attached hydrogens (primary N) is 1. The molecule has 1 atom stereocenters. The fraction of sp³-hybridized carbons (Fsp3) is 0.250. The molecule has 1 aromatic rings. The number of allylic oxidation sites excluding steroid dienone is 1. The molecule has 1 unspecified atom stereocenters. The lowest BCUT2D eigenvalue weighted by atomic mass is 9.86. The van der Waals surface area contributed by atoms with Crippen LogP contribution in [0.2, 0.25) is 10.0 Å². The predicted molar refractivity (Wildman–Crippen MR) is 90.0 cm³/mol. The first kappa shape index (κ1) is 15.7. The van der Waals surface area contributed by atoms with E-state index in [0.717, 1.165) is 24.0 Å². The van der Waals surface area contributed by atoms with E-state index in [2.05, 4.69) is 4.99 Å². The standard InChI is InChI=1S/C16H13Cl2N4O/c17-11-5-4-9(7-12(11)18)6-10-2-1-3-14-15(10)21-13(8-19)16(20)22(14)23/h4-7,14H,1-3,20H2/q+1/b10-6+. The number of nitroso groups, excluding NO2 is 1. The topological polar surface area (TPSA) is 82.2 Å². The third kappa shape index (κ3) is 2.88. The number of rotatable bonds is 1. The van der Waals surface area contributed by atoms with Gasteiger partial charge in [-0.3, -0.25) is 5.73 Å². The lowest BCUT2D eigenvalue weighted by Gasteiger charge is -2.25. The fourth-order valence-corrected chi connectivity index (χ4v) is 3.13. The summed E-state index contributed by atoms with van der Waals surface area (Å²) in [6.45, 7) is 0. The van der Waals surface area contributed by atoms with Crippen LogP contribution < -0.4 is 5.73 Å². The van der Waals surface area contributed by atoms with Crippen LogP contribution >= 0.6 is 23.2 Å². The van der Waals surface area contributed by atoms with Crippen molar-refractivity contribution >= 4 is 35.0 Å². The second-order valence-electron chi connectivity index (χ2n) is 5.42. The van der Waals surface area contributed by atoms with Crippen LogP contribution in [0.3, 0.4) is 0 Å². The van der Waals surface area contributed by atoms with Crippen molar-refractivity contribution in [2.75, 3.05) is 0 Å². The molecule has 1 aliphatic carbocycles. The van der Waals surface area contributed by atoms with Gasteiger partial charge in [0.25, 0.3) is 0 Å². The fourth-order valence-electron chi connectivity index (χ4n) is 2.82. The number of halogens is 2. The molecular formula is C16H13Cl2N4O+. The average Bonchev–Trinajstić information content (AvgIpc) is 2.55. The van der Waals surface area contributed by atoms with E-state index in [1.54, 1.807) is 12.1 Å². The van der Waals surface area contributed by atoms with Crippen LogP contribution in [-0.4, -0.2) is 16.5 Å². The third-order valence-electron chi connectivity index (χ3n) is 3.95. The van der Waals surface area contributed by atoms with Gasteiger partial charge in [-0.1, -0.05) is 34.2 Å². The predicted octanol–water partition coefficient (Wildman–Crippen LogP) is 3.81. The summed E-state index contributed by atoms with van der Waals surface area (Å²) < 4.78 is 0.697. The van der Waals surface area contributed by atoms with E-state index in [4.69, 9.17) is 34.2 Å². The van der Waals surface area contributed by atoms with Gasteiger partial charge in [-0.15, -0.1) is 0 Å². The van der Waals surface area contributed by atoms with E-state index in [1.165, 1.54) is 0 Å². The summed E-state index contributed by atoms with van der Waals surface area (Å²) in [5.74, 6) is -0.114. The second kappa shape index (κ2) is 6.15. The van der Waals surface area contributed by atoms with Crippen molar-refractivity contribution < 1.29 is 4.76 Å². The Morgan fingerprint density at radius 3 is 2.87 bits per heavy atom. The van der Waals surface area contributed by atoms with Gasteiger partial charge in [-0.25, -0.2) is 4.99 Å². The third-order valence-corrected chi connectivity index (χ3v) is 4.69. The summed E-state index contributed by atoms with van der Waals surface area (Å²) in [5, 5.41) is 10.0.